The summed E-state index contributed by atoms with van der Waals surface area (Å²) >= 11 is 0. The molecule has 0 spiro atoms. The number of fused-ring (bicyclic) bond motifs is 9. The zero-order chi connectivity index (χ0) is 44.2. The second kappa shape index (κ2) is 14.3. The first kappa shape index (κ1) is 39.2. The van der Waals surface area contributed by atoms with E-state index in [4.69, 9.17) is 0 Å². The Morgan fingerprint density at radius 2 is 0.677 bits per heavy atom. The van der Waals surface area contributed by atoms with Gasteiger partial charge < -0.3 is 9.80 Å². The molecule has 314 valence electrons. The smallest absolute Gasteiger partial charge is 0.0564 e. The minimum Gasteiger partial charge on any atom is -0.310 e. The first-order valence-corrected chi connectivity index (χ1v) is 23.1. The summed E-state index contributed by atoms with van der Waals surface area (Å²) in [5.74, 6) is 0. The molecule has 3 aliphatic rings. The highest BCUT2D eigenvalue weighted by atomic mass is 15.2. The van der Waals surface area contributed by atoms with Gasteiger partial charge in [0.1, 0.15) is 0 Å². The molecular weight excluding hydrogens is 785 g/mol. The first-order chi connectivity index (χ1) is 31.5. The summed E-state index contributed by atoms with van der Waals surface area (Å²) in [5.41, 5.74) is 24.7. The van der Waals surface area contributed by atoms with Crippen molar-refractivity contribution in [2.75, 3.05) is 9.80 Å². The minimum absolute atomic E-state index is 0.140. The summed E-state index contributed by atoms with van der Waals surface area (Å²) in [7, 11) is 0. The predicted octanol–water partition coefficient (Wildman–Crippen LogP) is 17.2. The van der Waals surface area contributed by atoms with Crippen molar-refractivity contribution < 1.29 is 0 Å². The van der Waals surface area contributed by atoms with Gasteiger partial charge in [-0.1, -0.05) is 181 Å². The fourth-order valence-electron chi connectivity index (χ4n) is 11.6. The van der Waals surface area contributed by atoms with Gasteiger partial charge in [-0.2, -0.15) is 0 Å². The summed E-state index contributed by atoms with van der Waals surface area (Å²) in [5, 5.41) is 0. The van der Waals surface area contributed by atoms with E-state index in [9.17, 15) is 0 Å². The normalized spacial score (nSPS) is 15.0. The van der Waals surface area contributed by atoms with E-state index in [1.807, 2.05) is 0 Å². The van der Waals surface area contributed by atoms with E-state index in [0.29, 0.717) is 0 Å². The van der Waals surface area contributed by atoms with Gasteiger partial charge in [-0.15, -0.1) is 0 Å². The zero-order valence-corrected chi connectivity index (χ0v) is 38.0. The second-order valence-corrected chi connectivity index (χ2v) is 19.8. The van der Waals surface area contributed by atoms with Crippen molar-refractivity contribution in [2.45, 2.75) is 57.8 Å². The molecule has 0 heterocycles. The third kappa shape index (κ3) is 5.86. The van der Waals surface area contributed by atoms with E-state index >= 15 is 0 Å². The van der Waals surface area contributed by atoms with Gasteiger partial charge in [0.2, 0.25) is 0 Å². The van der Waals surface area contributed by atoms with Gasteiger partial charge in [-0.3, -0.25) is 0 Å². The molecule has 0 unspecified atom stereocenters. The molecule has 65 heavy (non-hydrogen) atoms. The maximum absolute atomic E-state index is 2.53. The summed E-state index contributed by atoms with van der Waals surface area (Å²) in [6.07, 6.45) is 0. The molecule has 0 radical (unpaired) electrons. The second-order valence-electron chi connectivity index (χ2n) is 19.8. The average Bonchev–Trinajstić information content (AvgIpc) is 3.82. The van der Waals surface area contributed by atoms with E-state index in [1.165, 1.54) is 77.9 Å². The van der Waals surface area contributed by atoms with Crippen molar-refractivity contribution in [3.05, 3.63) is 240 Å². The van der Waals surface area contributed by atoms with Crippen LogP contribution in [0.4, 0.5) is 34.1 Å². The van der Waals surface area contributed by atoms with E-state index in [1.54, 1.807) is 0 Å². The van der Waals surface area contributed by atoms with Crippen molar-refractivity contribution in [3.8, 4) is 44.5 Å². The molecule has 0 saturated carbocycles. The molecule has 2 heteroatoms. The van der Waals surface area contributed by atoms with Gasteiger partial charge in [0.15, 0.2) is 0 Å². The largest absolute Gasteiger partial charge is 0.310 e. The monoisotopic (exact) mass is 836 g/mol. The number of benzene rings is 9. The van der Waals surface area contributed by atoms with Crippen LogP contribution >= 0.6 is 0 Å². The molecule has 0 atom stereocenters. The van der Waals surface area contributed by atoms with Crippen LogP contribution in [0.25, 0.3) is 44.5 Å². The Balaban J connectivity index is 1.13. The maximum atomic E-state index is 2.53. The third-order valence-corrected chi connectivity index (χ3v) is 15.0. The van der Waals surface area contributed by atoms with Crippen LogP contribution in [-0.2, 0) is 16.2 Å². The lowest BCUT2D eigenvalue weighted by atomic mass is 9.81. The summed E-state index contributed by atoms with van der Waals surface area (Å²) in [4.78, 5) is 5.02. The van der Waals surface area contributed by atoms with Crippen LogP contribution in [-0.4, -0.2) is 0 Å². The average molecular weight is 837 g/mol. The molecule has 0 saturated heterocycles. The molecule has 9 aromatic rings. The highest BCUT2D eigenvalue weighted by Gasteiger charge is 2.41. The number of para-hydroxylation sites is 2. The number of hydrogen-bond acceptors (Lipinski definition) is 2. The Morgan fingerprint density at radius 1 is 0.262 bits per heavy atom. The van der Waals surface area contributed by atoms with Gasteiger partial charge in [0.25, 0.3) is 0 Å². The van der Waals surface area contributed by atoms with E-state index in [0.717, 1.165) is 34.1 Å². The molecule has 9 aromatic carbocycles. The standard InChI is InChI=1S/C63H52N2/c1-61(2)53-28-18-16-26-48(53)50-34-31-45(37-56(50)61)64(43-22-12-8-13-23-43)47-39-58-60(52-33-30-42(36-55(52)63(58,5)6)41-20-10-7-11-21-41)59(40-47)65(44-24-14-9-15-25-44)46-32-35-51-49-27-17-19-29-54(49)62(3,4)57(51)38-46/h7-40H,1-6H3. The topological polar surface area (TPSA) is 6.48 Å². The predicted molar refractivity (Wildman–Crippen MR) is 274 cm³/mol. The van der Waals surface area contributed by atoms with E-state index in [2.05, 4.69) is 258 Å². The number of nitrogens with zero attached hydrogens (tertiary/aromatic N) is 2. The fourth-order valence-corrected chi connectivity index (χ4v) is 11.6. The van der Waals surface area contributed by atoms with Crippen LogP contribution in [0.3, 0.4) is 0 Å². The van der Waals surface area contributed by atoms with Gasteiger partial charge in [0, 0.05) is 50.2 Å². The van der Waals surface area contributed by atoms with Crippen LogP contribution in [0.2, 0.25) is 0 Å². The molecule has 2 nitrogen and oxygen atoms in total. The minimum atomic E-state index is -0.311. The Labute approximate surface area is 384 Å². The lowest BCUT2D eigenvalue weighted by molar-refractivity contribution is 0.660. The molecule has 0 N–H and O–H groups in total. The van der Waals surface area contributed by atoms with Gasteiger partial charge in [0.05, 0.1) is 5.69 Å². The van der Waals surface area contributed by atoms with Crippen molar-refractivity contribution >= 4 is 34.1 Å². The highest BCUT2D eigenvalue weighted by molar-refractivity contribution is 5.99. The van der Waals surface area contributed by atoms with Crippen LogP contribution < -0.4 is 9.80 Å². The Morgan fingerprint density at radius 3 is 1.25 bits per heavy atom. The van der Waals surface area contributed by atoms with E-state index < -0.39 is 0 Å². The first-order valence-electron chi connectivity index (χ1n) is 23.1. The quantitative estimate of drug-likeness (QED) is 0.158. The lowest BCUT2D eigenvalue weighted by Crippen LogP contribution is -2.20. The number of rotatable bonds is 7. The Bertz CT molecular complexity index is 3340. The van der Waals surface area contributed by atoms with Crippen LogP contribution in [0.5, 0.6) is 0 Å². The van der Waals surface area contributed by atoms with Crippen LogP contribution in [0.15, 0.2) is 206 Å². The molecule has 0 bridgehead atoms. The van der Waals surface area contributed by atoms with Gasteiger partial charge >= 0.3 is 0 Å². The molecule has 0 aliphatic heterocycles. The number of anilines is 6. The molecule has 0 aromatic heterocycles. The van der Waals surface area contributed by atoms with Gasteiger partial charge in [-0.05, 0) is 139 Å². The molecule has 0 fully saturated rings. The van der Waals surface area contributed by atoms with Crippen LogP contribution in [0.1, 0.15) is 74.9 Å². The Hall–Kier alpha value is -7.42. The van der Waals surface area contributed by atoms with Crippen molar-refractivity contribution in [3.63, 3.8) is 0 Å². The van der Waals surface area contributed by atoms with Gasteiger partial charge in [-0.25, -0.2) is 0 Å². The zero-order valence-electron chi connectivity index (χ0n) is 38.0. The fraction of sp³-hybridized carbons (Fsp3) is 0.143. The summed E-state index contributed by atoms with van der Waals surface area (Å²) < 4.78 is 0. The maximum Gasteiger partial charge on any atom is 0.0564 e. The van der Waals surface area contributed by atoms with Crippen molar-refractivity contribution in [1.29, 1.82) is 0 Å². The third-order valence-electron chi connectivity index (χ3n) is 15.0. The number of hydrogen-bond donors (Lipinski definition) is 0. The van der Waals surface area contributed by atoms with Crippen molar-refractivity contribution in [1.82, 2.24) is 0 Å². The van der Waals surface area contributed by atoms with Crippen LogP contribution in [0, 0.1) is 0 Å². The highest BCUT2D eigenvalue weighted by Crippen LogP contribution is 2.59. The Kier molecular flexibility index (Phi) is 8.62. The molecule has 0 amide bonds. The summed E-state index contributed by atoms with van der Waals surface area (Å²) in [6.45, 7) is 14.3. The molecule has 12 rings (SSSR count). The molecular formula is C63H52N2. The SMILES string of the molecule is CC1(C)c2ccccc2-c2ccc(N(c3ccccc3)c3cc(N(c4ccccc4)c4ccc5c(c4)C(C)(C)c4ccccc4-5)c4c(c3)C(C)(C)c3cc(-c5ccccc5)ccc3-4)cc21. The lowest BCUT2D eigenvalue weighted by Gasteiger charge is -2.33. The van der Waals surface area contributed by atoms with Crippen molar-refractivity contribution in [2.24, 2.45) is 0 Å². The van der Waals surface area contributed by atoms with E-state index in [-0.39, 0.29) is 16.2 Å². The molecule has 3 aliphatic carbocycles. The summed E-state index contributed by atoms with van der Waals surface area (Å²) in [6, 6.07) is 77.1.